The van der Waals surface area contributed by atoms with Crippen molar-refractivity contribution in [3.8, 4) is 11.5 Å². The Morgan fingerprint density at radius 2 is 1.76 bits per heavy atom. The second-order valence-corrected chi connectivity index (χ2v) is 6.55. The van der Waals surface area contributed by atoms with Crippen molar-refractivity contribution in [2.45, 2.75) is 13.0 Å². The van der Waals surface area contributed by atoms with Gasteiger partial charge in [-0.05, 0) is 36.8 Å². The smallest absolute Gasteiger partial charge is 0.277 e. The summed E-state index contributed by atoms with van der Waals surface area (Å²) in [7, 11) is 0. The molecule has 0 aliphatic heterocycles. The molecule has 0 spiro atoms. The molecule has 0 saturated carbocycles. The highest BCUT2D eigenvalue weighted by Gasteiger charge is 2.18. The molecule has 1 atom stereocenters. The summed E-state index contributed by atoms with van der Waals surface area (Å²) >= 11 is 6.74. The van der Waals surface area contributed by atoms with Crippen molar-refractivity contribution in [1.29, 1.82) is 0 Å². The average molecular weight is 375 g/mol. The quantitative estimate of drug-likeness (QED) is 0.696. The largest absolute Gasteiger partial charge is 0.457 e. The van der Waals surface area contributed by atoms with Crippen LogP contribution in [0.15, 0.2) is 59.4 Å². The highest BCUT2D eigenvalue weighted by atomic mass is 35.5. The van der Waals surface area contributed by atoms with Gasteiger partial charge in [0.1, 0.15) is 21.4 Å². The van der Waals surface area contributed by atoms with Crippen LogP contribution in [0.1, 0.15) is 28.2 Å². The number of para-hydroxylation sites is 1. The number of hydrogen-bond acceptors (Lipinski definition) is 4. The number of carbonyl (C=O) groups is 1. The molecule has 2 N–H and O–H groups in total. The number of aromatic amines is 1. The maximum atomic E-state index is 12.2. The molecule has 3 rings (SSSR count). The molecule has 1 unspecified atom stereocenters. The lowest BCUT2D eigenvalue weighted by molar-refractivity contribution is 0.0944. The number of H-pyrrole nitrogens is 1. The van der Waals surface area contributed by atoms with E-state index in [-0.39, 0.29) is 21.8 Å². The number of carbonyl (C=O) groups excluding carboxylic acids is 1. The molecule has 1 heterocycles. The summed E-state index contributed by atoms with van der Waals surface area (Å²) < 4.78 is 8.18. The standard InChI is InChI=1S/C18H15ClN2O3S/c1-11(20-18(23)16-15(19)17(22)21-25-16)12-7-9-14(10-8-12)24-13-5-3-2-4-6-13/h2-11H,1H3,(H,20,23)(H,21,22). The first-order valence-corrected chi connectivity index (χ1v) is 8.74. The first-order valence-electron chi connectivity index (χ1n) is 7.55. The number of rotatable bonds is 5. The van der Waals surface area contributed by atoms with Gasteiger partial charge < -0.3 is 10.1 Å². The summed E-state index contributed by atoms with van der Waals surface area (Å²) in [4.78, 5) is 23.7. The van der Waals surface area contributed by atoms with E-state index in [9.17, 15) is 9.59 Å². The minimum atomic E-state index is -0.452. The summed E-state index contributed by atoms with van der Waals surface area (Å²) in [6.45, 7) is 1.86. The average Bonchev–Trinajstić information content (AvgIpc) is 2.95. The Bertz CT molecular complexity index is 919. The number of halogens is 1. The minimum Gasteiger partial charge on any atom is -0.457 e. The number of amides is 1. The van der Waals surface area contributed by atoms with Gasteiger partial charge >= 0.3 is 0 Å². The second-order valence-electron chi connectivity index (χ2n) is 5.36. The van der Waals surface area contributed by atoms with Crippen LogP contribution in [0.2, 0.25) is 5.02 Å². The molecule has 0 radical (unpaired) electrons. The zero-order valence-corrected chi connectivity index (χ0v) is 14.9. The summed E-state index contributed by atoms with van der Waals surface area (Å²) in [5.74, 6) is 1.08. The molecule has 0 aliphatic carbocycles. The third-order valence-corrected chi connectivity index (χ3v) is 4.91. The van der Waals surface area contributed by atoms with Crippen molar-refractivity contribution >= 4 is 29.0 Å². The number of benzene rings is 2. The minimum absolute atomic E-state index is 0.0821. The lowest BCUT2D eigenvalue weighted by Crippen LogP contribution is -2.26. The summed E-state index contributed by atoms with van der Waals surface area (Å²) in [6.07, 6.45) is 0. The molecule has 1 amide bonds. The van der Waals surface area contributed by atoms with Gasteiger partial charge in [-0.3, -0.25) is 14.0 Å². The lowest BCUT2D eigenvalue weighted by atomic mass is 10.1. The fourth-order valence-electron chi connectivity index (χ4n) is 2.23. The molecule has 2 aromatic carbocycles. The highest BCUT2D eigenvalue weighted by molar-refractivity contribution is 7.08. The van der Waals surface area contributed by atoms with Crippen molar-refractivity contribution in [3.63, 3.8) is 0 Å². The number of hydrogen-bond donors (Lipinski definition) is 2. The van der Waals surface area contributed by atoms with Gasteiger partial charge in [0.25, 0.3) is 11.5 Å². The Balaban J connectivity index is 1.66. The predicted octanol–water partition coefficient (Wildman–Crippen LogP) is 4.37. The van der Waals surface area contributed by atoms with Crippen molar-refractivity contribution in [2.75, 3.05) is 0 Å². The van der Waals surface area contributed by atoms with E-state index in [1.807, 2.05) is 61.5 Å². The Morgan fingerprint density at radius 3 is 2.36 bits per heavy atom. The molecule has 0 bridgehead atoms. The van der Waals surface area contributed by atoms with Gasteiger partial charge in [0, 0.05) is 0 Å². The Kier molecular flexibility index (Phi) is 5.21. The molecule has 128 valence electrons. The fourth-order valence-corrected chi connectivity index (χ4v) is 3.17. The highest BCUT2D eigenvalue weighted by Crippen LogP contribution is 2.24. The van der Waals surface area contributed by atoms with Gasteiger partial charge in [0.2, 0.25) is 0 Å². The zero-order valence-electron chi connectivity index (χ0n) is 13.3. The summed E-state index contributed by atoms with van der Waals surface area (Å²) in [5, 5.41) is 2.74. The molecule has 25 heavy (non-hydrogen) atoms. The monoisotopic (exact) mass is 374 g/mol. The van der Waals surface area contributed by atoms with Gasteiger partial charge in [-0.1, -0.05) is 53.5 Å². The molecule has 5 nitrogen and oxygen atoms in total. The van der Waals surface area contributed by atoms with Crippen molar-refractivity contribution in [1.82, 2.24) is 9.69 Å². The molecule has 3 aromatic rings. The Hall–Kier alpha value is -2.57. The van der Waals surface area contributed by atoms with Crippen molar-refractivity contribution in [3.05, 3.63) is 80.4 Å². The Labute approximate surface area is 153 Å². The van der Waals surface area contributed by atoms with E-state index in [1.165, 1.54) is 0 Å². The van der Waals surface area contributed by atoms with Crippen LogP contribution in [0.4, 0.5) is 0 Å². The SMILES string of the molecule is CC(NC(=O)c1s[nH]c(=O)c1Cl)c1ccc(Oc2ccccc2)cc1. The van der Waals surface area contributed by atoms with Crippen molar-refractivity contribution < 1.29 is 9.53 Å². The molecule has 0 aliphatic rings. The van der Waals surface area contributed by atoms with E-state index >= 15 is 0 Å². The summed E-state index contributed by atoms with van der Waals surface area (Å²) in [5.41, 5.74) is 0.458. The van der Waals surface area contributed by atoms with Crippen LogP contribution in [-0.4, -0.2) is 10.3 Å². The molecule has 1 aromatic heterocycles. The number of ether oxygens (including phenoxy) is 1. The van der Waals surface area contributed by atoms with E-state index in [4.69, 9.17) is 16.3 Å². The summed E-state index contributed by atoms with van der Waals surface area (Å²) in [6, 6.07) is 16.7. The zero-order chi connectivity index (χ0) is 17.8. The van der Waals surface area contributed by atoms with E-state index in [2.05, 4.69) is 9.69 Å². The van der Waals surface area contributed by atoms with E-state index in [0.29, 0.717) is 5.75 Å². The number of aromatic nitrogens is 1. The molecule has 7 heteroatoms. The van der Waals surface area contributed by atoms with E-state index in [0.717, 1.165) is 22.8 Å². The van der Waals surface area contributed by atoms with Gasteiger partial charge in [-0.15, -0.1) is 0 Å². The third-order valence-electron chi connectivity index (χ3n) is 3.56. The Morgan fingerprint density at radius 1 is 1.12 bits per heavy atom. The molecular formula is C18H15ClN2O3S. The van der Waals surface area contributed by atoms with Crippen molar-refractivity contribution in [2.24, 2.45) is 0 Å². The van der Waals surface area contributed by atoms with Gasteiger partial charge in [0.05, 0.1) is 6.04 Å². The first kappa shape index (κ1) is 17.3. The van der Waals surface area contributed by atoms with Crippen LogP contribution in [-0.2, 0) is 0 Å². The van der Waals surface area contributed by atoms with Gasteiger partial charge in [0.15, 0.2) is 0 Å². The van der Waals surface area contributed by atoms with Crippen LogP contribution < -0.4 is 15.6 Å². The van der Waals surface area contributed by atoms with Crippen LogP contribution >= 0.6 is 23.1 Å². The lowest BCUT2D eigenvalue weighted by Gasteiger charge is -2.14. The van der Waals surface area contributed by atoms with Crippen LogP contribution in [0.25, 0.3) is 0 Å². The maximum absolute atomic E-state index is 12.2. The topological polar surface area (TPSA) is 71.2 Å². The molecular weight excluding hydrogens is 360 g/mol. The fraction of sp³-hybridized carbons (Fsp3) is 0.111. The number of nitrogens with one attached hydrogen (secondary N) is 2. The first-order chi connectivity index (χ1) is 12.0. The third kappa shape index (κ3) is 4.10. The van der Waals surface area contributed by atoms with Gasteiger partial charge in [-0.2, -0.15) is 0 Å². The van der Waals surface area contributed by atoms with E-state index in [1.54, 1.807) is 0 Å². The van der Waals surface area contributed by atoms with Crippen LogP contribution in [0, 0.1) is 0 Å². The van der Waals surface area contributed by atoms with Gasteiger partial charge in [-0.25, -0.2) is 0 Å². The normalized spacial score (nSPS) is 11.8. The van der Waals surface area contributed by atoms with Crippen LogP contribution in [0.3, 0.4) is 0 Å². The van der Waals surface area contributed by atoms with E-state index < -0.39 is 5.56 Å². The predicted molar refractivity (Wildman–Crippen MR) is 98.8 cm³/mol. The second kappa shape index (κ2) is 7.55. The van der Waals surface area contributed by atoms with Crippen LogP contribution in [0.5, 0.6) is 11.5 Å². The maximum Gasteiger partial charge on any atom is 0.277 e. The molecule has 0 fully saturated rings. The molecule has 0 saturated heterocycles.